The maximum Gasteiger partial charge on any atom is 0.321 e. The van der Waals surface area contributed by atoms with E-state index in [1.807, 2.05) is 6.26 Å². The lowest BCUT2D eigenvalue weighted by atomic mass is 10.3. The molecule has 2 N–H and O–H groups in total. The zero-order valence-corrected chi connectivity index (χ0v) is 9.87. The van der Waals surface area contributed by atoms with Crippen molar-refractivity contribution in [3.63, 3.8) is 0 Å². The Morgan fingerprint density at radius 3 is 2.64 bits per heavy atom. The number of imide groups is 1. The van der Waals surface area contributed by atoms with Gasteiger partial charge in [-0.15, -0.1) is 11.6 Å². The number of halogens is 1. The summed E-state index contributed by atoms with van der Waals surface area (Å²) >= 11 is 6.94. The molecule has 0 aliphatic carbocycles. The fraction of sp³-hybridized carbons (Fsp3) is 0.750. The molecule has 0 aromatic heterocycles. The molecule has 0 saturated heterocycles. The highest BCUT2D eigenvalue weighted by atomic mass is 35.5. The van der Waals surface area contributed by atoms with E-state index in [9.17, 15) is 9.59 Å². The Labute approximate surface area is 93.1 Å². The van der Waals surface area contributed by atoms with E-state index in [-0.39, 0.29) is 5.88 Å². The highest BCUT2D eigenvalue weighted by Crippen LogP contribution is 2.07. The average Bonchev–Trinajstić information content (AvgIpc) is 2.17. The van der Waals surface area contributed by atoms with Gasteiger partial charge in [-0.3, -0.25) is 10.1 Å². The quantitative estimate of drug-likeness (QED) is 0.708. The van der Waals surface area contributed by atoms with Crippen LogP contribution in [-0.2, 0) is 4.79 Å². The summed E-state index contributed by atoms with van der Waals surface area (Å²) in [7, 11) is 0. The van der Waals surface area contributed by atoms with E-state index >= 15 is 0 Å². The van der Waals surface area contributed by atoms with Gasteiger partial charge < -0.3 is 5.32 Å². The van der Waals surface area contributed by atoms with Crippen LogP contribution in [0, 0.1) is 0 Å². The van der Waals surface area contributed by atoms with Gasteiger partial charge in [-0.05, 0) is 12.7 Å². The Balaban J connectivity index is 3.49. The van der Waals surface area contributed by atoms with Gasteiger partial charge in [0, 0.05) is 11.8 Å². The van der Waals surface area contributed by atoms with Crippen molar-refractivity contribution in [2.75, 3.05) is 18.7 Å². The summed E-state index contributed by atoms with van der Waals surface area (Å²) in [4.78, 5) is 21.6. The van der Waals surface area contributed by atoms with Crippen molar-refractivity contribution < 1.29 is 9.59 Å². The van der Waals surface area contributed by atoms with Gasteiger partial charge in [0.1, 0.15) is 5.88 Å². The molecule has 0 bridgehead atoms. The zero-order valence-electron chi connectivity index (χ0n) is 8.30. The molecule has 1 unspecified atom stereocenters. The van der Waals surface area contributed by atoms with Crippen LogP contribution in [0.5, 0.6) is 0 Å². The fourth-order valence-corrected chi connectivity index (χ4v) is 1.13. The lowest BCUT2D eigenvalue weighted by Crippen LogP contribution is -2.40. The summed E-state index contributed by atoms with van der Waals surface area (Å²) in [6.07, 6.45) is 2.89. The smallest absolute Gasteiger partial charge is 0.321 e. The molecule has 0 heterocycles. The first-order chi connectivity index (χ1) is 6.60. The SMILES string of the molecule is CSC(C)CCNC(=O)NC(=O)CCl. The molecule has 82 valence electrons. The predicted octanol–water partition coefficient (Wildman–Crippen LogP) is 1.19. The summed E-state index contributed by atoms with van der Waals surface area (Å²) in [5.74, 6) is -0.684. The first-order valence-electron chi connectivity index (χ1n) is 4.26. The Bertz CT molecular complexity index is 202. The summed E-state index contributed by atoms with van der Waals surface area (Å²) < 4.78 is 0. The number of thioether (sulfide) groups is 1. The number of rotatable bonds is 5. The van der Waals surface area contributed by atoms with Crippen LogP contribution in [0.2, 0.25) is 0 Å². The second-order valence-corrected chi connectivity index (χ2v) is 4.32. The van der Waals surface area contributed by atoms with Gasteiger partial charge in [0.05, 0.1) is 0 Å². The second-order valence-electron chi connectivity index (χ2n) is 2.77. The van der Waals surface area contributed by atoms with E-state index < -0.39 is 11.9 Å². The fourth-order valence-electron chi connectivity index (χ4n) is 0.711. The van der Waals surface area contributed by atoms with E-state index in [2.05, 4.69) is 17.6 Å². The zero-order chi connectivity index (χ0) is 11.0. The van der Waals surface area contributed by atoms with Gasteiger partial charge in [-0.1, -0.05) is 6.92 Å². The number of nitrogens with one attached hydrogen (secondary N) is 2. The van der Waals surface area contributed by atoms with Crippen LogP contribution >= 0.6 is 23.4 Å². The van der Waals surface area contributed by atoms with Gasteiger partial charge in [0.25, 0.3) is 0 Å². The summed E-state index contributed by atoms with van der Waals surface area (Å²) in [6.45, 7) is 2.64. The van der Waals surface area contributed by atoms with Gasteiger partial charge in [-0.2, -0.15) is 11.8 Å². The van der Waals surface area contributed by atoms with Crippen molar-refractivity contribution in [1.29, 1.82) is 0 Å². The highest BCUT2D eigenvalue weighted by molar-refractivity contribution is 7.99. The number of alkyl halides is 1. The van der Waals surface area contributed by atoms with Crippen LogP contribution in [0.3, 0.4) is 0 Å². The average molecular weight is 239 g/mol. The lowest BCUT2D eigenvalue weighted by Gasteiger charge is -2.08. The molecule has 0 rings (SSSR count). The maximum absolute atomic E-state index is 11.0. The van der Waals surface area contributed by atoms with Crippen LogP contribution in [0.1, 0.15) is 13.3 Å². The van der Waals surface area contributed by atoms with Crippen molar-refractivity contribution in [2.24, 2.45) is 0 Å². The number of hydrogen-bond donors (Lipinski definition) is 2. The lowest BCUT2D eigenvalue weighted by molar-refractivity contribution is -0.117. The van der Waals surface area contributed by atoms with Crippen molar-refractivity contribution in [1.82, 2.24) is 10.6 Å². The van der Waals surface area contributed by atoms with Crippen LogP contribution in [0.25, 0.3) is 0 Å². The number of amides is 3. The molecular weight excluding hydrogens is 224 g/mol. The first kappa shape index (κ1) is 13.6. The summed E-state index contributed by atoms with van der Waals surface area (Å²) in [6, 6.07) is -0.482. The van der Waals surface area contributed by atoms with Crippen LogP contribution < -0.4 is 10.6 Å². The standard InChI is InChI=1S/C8H15ClN2O2S/c1-6(14-2)3-4-10-8(13)11-7(12)5-9/h6H,3-5H2,1-2H3,(H2,10,11,12,13). The largest absolute Gasteiger partial charge is 0.338 e. The van der Waals surface area contributed by atoms with Crippen molar-refractivity contribution in [3.8, 4) is 0 Å². The molecule has 3 amide bonds. The predicted molar refractivity (Wildman–Crippen MR) is 59.9 cm³/mol. The summed E-state index contributed by atoms with van der Waals surface area (Å²) in [5, 5.41) is 5.16. The Hall–Kier alpha value is -0.420. The van der Waals surface area contributed by atoms with Crippen LogP contribution in [0.15, 0.2) is 0 Å². The first-order valence-corrected chi connectivity index (χ1v) is 6.08. The van der Waals surface area contributed by atoms with Gasteiger partial charge in [-0.25, -0.2) is 4.79 Å². The minimum Gasteiger partial charge on any atom is -0.338 e. The van der Waals surface area contributed by atoms with Crippen molar-refractivity contribution in [2.45, 2.75) is 18.6 Å². The topological polar surface area (TPSA) is 58.2 Å². The number of carbonyl (C=O) groups is 2. The van der Waals surface area contributed by atoms with Crippen LogP contribution in [-0.4, -0.2) is 35.9 Å². The van der Waals surface area contributed by atoms with E-state index in [1.165, 1.54) is 0 Å². The molecule has 4 nitrogen and oxygen atoms in total. The van der Waals surface area contributed by atoms with E-state index in [4.69, 9.17) is 11.6 Å². The Morgan fingerprint density at radius 2 is 2.14 bits per heavy atom. The normalized spacial score (nSPS) is 11.9. The minimum atomic E-state index is -0.484. The molecule has 0 aliphatic heterocycles. The Morgan fingerprint density at radius 1 is 1.50 bits per heavy atom. The van der Waals surface area contributed by atoms with Crippen molar-refractivity contribution >= 4 is 35.3 Å². The number of hydrogen-bond acceptors (Lipinski definition) is 3. The third-order valence-corrected chi connectivity index (χ3v) is 2.90. The molecule has 0 radical (unpaired) electrons. The third-order valence-electron chi connectivity index (χ3n) is 1.61. The van der Waals surface area contributed by atoms with Gasteiger partial charge >= 0.3 is 6.03 Å². The molecule has 0 aliphatic rings. The third kappa shape index (κ3) is 7.03. The summed E-state index contributed by atoms with van der Waals surface area (Å²) in [5.41, 5.74) is 0. The van der Waals surface area contributed by atoms with E-state index in [1.54, 1.807) is 11.8 Å². The van der Waals surface area contributed by atoms with Gasteiger partial charge in [0.15, 0.2) is 0 Å². The Kier molecular flexibility index (Phi) is 7.70. The molecule has 1 atom stereocenters. The molecule has 0 fully saturated rings. The monoisotopic (exact) mass is 238 g/mol. The second kappa shape index (κ2) is 7.94. The maximum atomic E-state index is 11.0. The minimum absolute atomic E-state index is 0.200. The molecule has 0 saturated carbocycles. The van der Waals surface area contributed by atoms with Crippen LogP contribution in [0.4, 0.5) is 4.79 Å². The number of urea groups is 1. The molecule has 0 spiro atoms. The molecule has 0 aromatic rings. The molecule has 14 heavy (non-hydrogen) atoms. The molecule has 0 aromatic carbocycles. The highest BCUT2D eigenvalue weighted by Gasteiger charge is 2.05. The van der Waals surface area contributed by atoms with Gasteiger partial charge in [0.2, 0.25) is 5.91 Å². The van der Waals surface area contributed by atoms with E-state index in [0.29, 0.717) is 11.8 Å². The van der Waals surface area contributed by atoms with E-state index in [0.717, 1.165) is 6.42 Å². The number of carbonyl (C=O) groups excluding carboxylic acids is 2. The molecule has 6 heteroatoms. The molecular formula is C8H15ClN2O2S. The van der Waals surface area contributed by atoms with Crippen molar-refractivity contribution in [3.05, 3.63) is 0 Å².